The molecule has 0 aliphatic carbocycles. The van der Waals surface area contributed by atoms with Crippen molar-refractivity contribution in [1.82, 2.24) is 0 Å². The van der Waals surface area contributed by atoms with Crippen LogP contribution in [0.3, 0.4) is 0 Å². The fourth-order valence-electron chi connectivity index (χ4n) is 5.61. The molecule has 0 spiro atoms. The van der Waals surface area contributed by atoms with Crippen molar-refractivity contribution in [2.75, 3.05) is 21.3 Å². The van der Waals surface area contributed by atoms with Crippen LogP contribution in [-0.2, 0) is 28.6 Å². The van der Waals surface area contributed by atoms with Gasteiger partial charge in [-0.2, -0.15) is 0 Å². The zero-order valence-electron chi connectivity index (χ0n) is 33.6. The summed E-state index contributed by atoms with van der Waals surface area (Å²) in [5.41, 5.74) is 0. The van der Waals surface area contributed by atoms with E-state index in [1.54, 1.807) is 0 Å². The molecule has 0 fully saturated rings. The second-order valence-electron chi connectivity index (χ2n) is 13.7. The molecule has 0 saturated heterocycles. The number of ether oxygens (including phenoxy) is 3. The van der Waals surface area contributed by atoms with Gasteiger partial charge in [-0.1, -0.05) is 188 Å². The standard InChI is InChI=1S/C17H34O2.C14H28O2.C11H22O3/c1-3-4-5-6-7-8-9-10-11-12-13-14-15-16-17(18)19-2;1-3-4-5-6-7-8-9-10-11-12-13-14(15)16-2;1-3-4-5-6-7-8-10(12)9-11(13)14-2/h3-16H2,1-2H3;3-13H2,1-2H3;10,12H,3-9H2,1-2H3. The lowest BCUT2D eigenvalue weighted by Crippen LogP contribution is -2.14. The maximum absolute atomic E-state index is 10.9. The quantitative estimate of drug-likeness (QED) is 0.0413. The van der Waals surface area contributed by atoms with Crippen LogP contribution in [0.15, 0.2) is 0 Å². The fraction of sp³-hybridized carbons (Fsp3) is 0.929. The van der Waals surface area contributed by atoms with Gasteiger partial charge in [-0.05, 0) is 19.3 Å². The molecular weight excluding hydrogens is 616 g/mol. The molecule has 0 radical (unpaired) electrons. The molecule has 1 unspecified atom stereocenters. The zero-order chi connectivity index (χ0) is 37.1. The van der Waals surface area contributed by atoms with E-state index in [9.17, 15) is 19.5 Å². The van der Waals surface area contributed by atoms with E-state index in [1.807, 2.05) is 0 Å². The molecule has 0 aromatic heterocycles. The lowest BCUT2D eigenvalue weighted by atomic mass is 10.0. The van der Waals surface area contributed by atoms with Crippen molar-refractivity contribution < 1.29 is 33.7 Å². The summed E-state index contributed by atoms with van der Waals surface area (Å²) in [4.78, 5) is 32.5. The topological polar surface area (TPSA) is 99.1 Å². The molecule has 0 rings (SSSR count). The van der Waals surface area contributed by atoms with E-state index in [4.69, 9.17) is 0 Å². The van der Waals surface area contributed by atoms with Gasteiger partial charge in [0.05, 0.1) is 33.9 Å². The van der Waals surface area contributed by atoms with Gasteiger partial charge in [0.2, 0.25) is 0 Å². The number of methoxy groups -OCH3 is 3. The first kappa shape index (κ1) is 51.7. The highest BCUT2D eigenvalue weighted by Gasteiger charge is 2.10. The molecule has 0 aromatic rings. The Morgan fingerprint density at radius 2 is 0.633 bits per heavy atom. The molecule has 0 saturated carbocycles. The molecule has 1 N–H and O–H groups in total. The Kier molecular flexibility index (Phi) is 49.0. The highest BCUT2D eigenvalue weighted by molar-refractivity contribution is 5.69. The normalized spacial score (nSPS) is 11.1. The van der Waals surface area contributed by atoms with Crippen molar-refractivity contribution in [3.8, 4) is 0 Å². The molecule has 7 nitrogen and oxygen atoms in total. The second kappa shape index (κ2) is 46.4. The minimum atomic E-state index is -0.524. The summed E-state index contributed by atoms with van der Waals surface area (Å²) in [6, 6.07) is 0. The van der Waals surface area contributed by atoms with Crippen LogP contribution in [0.1, 0.15) is 226 Å². The lowest BCUT2D eigenvalue weighted by Gasteiger charge is -2.08. The van der Waals surface area contributed by atoms with Crippen LogP contribution >= 0.6 is 0 Å². The fourth-order valence-corrected chi connectivity index (χ4v) is 5.61. The van der Waals surface area contributed by atoms with E-state index >= 15 is 0 Å². The van der Waals surface area contributed by atoms with Gasteiger partial charge in [0.25, 0.3) is 0 Å². The molecule has 7 heteroatoms. The number of aliphatic hydroxyl groups excluding tert-OH is 1. The minimum Gasteiger partial charge on any atom is -0.469 e. The molecule has 0 aliphatic heterocycles. The van der Waals surface area contributed by atoms with Gasteiger partial charge < -0.3 is 19.3 Å². The highest BCUT2D eigenvalue weighted by Crippen LogP contribution is 2.14. The first-order valence-corrected chi connectivity index (χ1v) is 20.7. The van der Waals surface area contributed by atoms with Crippen molar-refractivity contribution in [3.05, 3.63) is 0 Å². The number of hydrogen-bond acceptors (Lipinski definition) is 7. The summed E-state index contributed by atoms with van der Waals surface area (Å²) < 4.78 is 13.7. The molecule has 49 heavy (non-hydrogen) atoms. The summed E-state index contributed by atoms with van der Waals surface area (Å²) >= 11 is 0. The molecule has 294 valence electrons. The first-order chi connectivity index (χ1) is 23.8. The van der Waals surface area contributed by atoms with Crippen molar-refractivity contribution in [2.24, 2.45) is 0 Å². The van der Waals surface area contributed by atoms with E-state index in [-0.39, 0.29) is 24.3 Å². The lowest BCUT2D eigenvalue weighted by molar-refractivity contribution is -0.143. The maximum atomic E-state index is 10.9. The largest absolute Gasteiger partial charge is 0.469 e. The Morgan fingerprint density at radius 3 is 0.898 bits per heavy atom. The SMILES string of the molecule is CCCCCCCC(O)CC(=O)OC.CCCCCCCCCCCCC(=O)OC.CCCCCCCCCCCCCCCC(=O)OC. The molecule has 0 aromatic carbocycles. The minimum absolute atomic E-state index is 0.0666. The van der Waals surface area contributed by atoms with E-state index in [1.165, 1.54) is 175 Å². The summed E-state index contributed by atoms with van der Waals surface area (Å²) in [6.07, 6.45) is 37.8. The number of rotatable bonds is 33. The predicted molar refractivity (Wildman–Crippen MR) is 207 cm³/mol. The van der Waals surface area contributed by atoms with Crippen molar-refractivity contribution in [2.45, 2.75) is 232 Å². The van der Waals surface area contributed by atoms with E-state index in [0.717, 1.165) is 25.7 Å². The van der Waals surface area contributed by atoms with Gasteiger partial charge in [-0.15, -0.1) is 0 Å². The van der Waals surface area contributed by atoms with Crippen LogP contribution in [0, 0.1) is 0 Å². The maximum Gasteiger partial charge on any atom is 0.308 e. The number of carbonyl (C=O) groups is 3. The zero-order valence-corrected chi connectivity index (χ0v) is 33.6. The number of hydrogen-bond donors (Lipinski definition) is 1. The first-order valence-electron chi connectivity index (χ1n) is 20.7. The van der Waals surface area contributed by atoms with Crippen molar-refractivity contribution in [3.63, 3.8) is 0 Å². The van der Waals surface area contributed by atoms with Crippen LogP contribution in [-0.4, -0.2) is 50.4 Å². The van der Waals surface area contributed by atoms with Gasteiger partial charge in [-0.25, -0.2) is 0 Å². The smallest absolute Gasteiger partial charge is 0.308 e. The van der Waals surface area contributed by atoms with Crippen LogP contribution < -0.4 is 0 Å². The number of unbranched alkanes of at least 4 members (excludes halogenated alkanes) is 25. The highest BCUT2D eigenvalue weighted by atomic mass is 16.5. The summed E-state index contributed by atoms with van der Waals surface area (Å²) in [7, 11) is 4.26. The Bertz CT molecular complexity index is 667. The number of carbonyl (C=O) groups excluding carboxylic acids is 3. The van der Waals surface area contributed by atoms with Gasteiger partial charge in [0.15, 0.2) is 0 Å². The average molecular weight is 701 g/mol. The molecule has 0 heterocycles. The van der Waals surface area contributed by atoms with E-state index in [2.05, 4.69) is 35.0 Å². The molecular formula is C42H84O7. The third kappa shape index (κ3) is 50.9. The Morgan fingerprint density at radius 1 is 0.388 bits per heavy atom. The average Bonchev–Trinajstić information content (AvgIpc) is 3.11. The Hall–Kier alpha value is -1.63. The van der Waals surface area contributed by atoms with E-state index in [0.29, 0.717) is 19.3 Å². The third-order valence-electron chi connectivity index (χ3n) is 8.95. The Balaban J connectivity index is -0.000000656. The second-order valence-corrected chi connectivity index (χ2v) is 13.7. The summed E-state index contributed by atoms with van der Waals surface area (Å²) in [6.45, 7) is 6.69. The third-order valence-corrected chi connectivity index (χ3v) is 8.95. The molecule has 0 amide bonds. The summed E-state index contributed by atoms with van der Waals surface area (Å²) in [5.74, 6) is -0.464. The van der Waals surface area contributed by atoms with Crippen LogP contribution in [0.4, 0.5) is 0 Å². The van der Waals surface area contributed by atoms with Gasteiger partial charge in [0.1, 0.15) is 0 Å². The van der Waals surface area contributed by atoms with Crippen molar-refractivity contribution in [1.29, 1.82) is 0 Å². The Labute approximate surface area is 304 Å². The number of esters is 3. The van der Waals surface area contributed by atoms with Crippen LogP contribution in [0.5, 0.6) is 0 Å². The molecule has 0 aliphatic rings. The van der Waals surface area contributed by atoms with Gasteiger partial charge in [0, 0.05) is 12.8 Å². The molecule has 1 atom stereocenters. The predicted octanol–water partition coefficient (Wildman–Crippen LogP) is 12.4. The van der Waals surface area contributed by atoms with Gasteiger partial charge in [-0.3, -0.25) is 14.4 Å². The van der Waals surface area contributed by atoms with E-state index < -0.39 is 6.10 Å². The number of aliphatic hydroxyl groups is 1. The monoisotopic (exact) mass is 701 g/mol. The van der Waals surface area contributed by atoms with Crippen LogP contribution in [0.25, 0.3) is 0 Å². The summed E-state index contributed by atoms with van der Waals surface area (Å²) in [5, 5.41) is 9.41. The van der Waals surface area contributed by atoms with Crippen molar-refractivity contribution >= 4 is 17.9 Å². The molecule has 0 bridgehead atoms. The van der Waals surface area contributed by atoms with Gasteiger partial charge >= 0.3 is 17.9 Å². The van der Waals surface area contributed by atoms with Crippen LogP contribution in [0.2, 0.25) is 0 Å².